The smallest absolute Gasteiger partial charge is 0.124 e. The molecule has 1 N–H and O–H groups in total. The Bertz CT molecular complexity index is 529. The van der Waals surface area contributed by atoms with Crippen LogP contribution in [0, 0.1) is 17.1 Å². The molecule has 4 heteroatoms. The summed E-state index contributed by atoms with van der Waals surface area (Å²) in [5, 5.41) is 14.0. The Morgan fingerprint density at radius 1 is 1.29 bits per heavy atom. The Labute approximate surface area is 103 Å². The molecular weight excluding hydrogens is 235 g/mol. The normalized spacial score (nSPS) is 10.1. The Balaban J connectivity index is 1.95. The predicted molar refractivity (Wildman–Crippen MR) is 66.0 cm³/mol. The van der Waals surface area contributed by atoms with Gasteiger partial charge < -0.3 is 5.32 Å². The van der Waals surface area contributed by atoms with Crippen molar-refractivity contribution in [3.63, 3.8) is 0 Å². The Kier molecular flexibility index (Phi) is 3.86. The zero-order valence-corrected chi connectivity index (χ0v) is 9.93. The summed E-state index contributed by atoms with van der Waals surface area (Å²) in [6.07, 6.45) is 0. The molecule has 1 heterocycles. The summed E-state index contributed by atoms with van der Waals surface area (Å²) in [7, 11) is 0. The van der Waals surface area contributed by atoms with Gasteiger partial charge in [-0.15, -0.1) is 11.3 Å². The molecule has 2 rings (SSSR count). The van der Waals surface area contributed by atoms with Crippen molar-refractivity contribution in [2.24, 2.45) is 0 Å². The molecule has 0 saturated heterocycles. The molecule has 17 heavy (non-hydrogen) atoms. The van der Waals surface area contributed by atoms with Gasteiger partial charge in [-0.25, -0.2) is 4.39 Å². The standard InChI is InChI=1S/C13H11FN2S/c14-12-5-10(7-15)4-11(6-12)8-16-9-13-2-1-3-17-13/h1-6,16H,8-9H2. The van der Waals surface area contributed by atoms with Crippen LogP contribution in [0.4, 0.5) is 4.39 Å². The molecule has 2 aromatic rings. The van der Waals surface area contributed by atoms with Crippen LogP contribution in [0.3, 0.4) is 0 Å². The topological polar surface area (TPSA) is 35.8 Å². The molecule has 86 valence electrons. The van der Waals surface area contributed by atoms with Gasteiger partial charge in [-0.2, -0.15) is 5.26 Å². The van der Waals surface area contributed by atoms with E-state index in [0.29, 0.717) is 12.1 Å². The summed E-state index contributed by atoms with van der Waals surface area (Å²) in [5.41, 5.74) is 1.15. The van der Waals surface area contributed by atoms with E-state index in [1.807, 2.05) is 23.6 Å². The summed E-state index contributed by atoms with van der Waals surface area (Å²) in [6.45, 7) is 1.32. The second-order valence-electron chi connectivity index (χ2n) is 3.64. The molecule has 2 nitrogen and oxygen atoms in total. The summed E-state index contributed by atoms with van der Waals surface area (Å²) < 4.78 is 13.1. The molecule has 0 bridgehead atoms. The third-order valence-electron chi connectivity index (χ3n) is 2.30. The van der Waals surface area contributed by atoms with Crippen molar-refractivity contribution in [1.82, 2.24) is 5.32 Å². The molecule has 1 aromatic heterocycles. The molecule has 0 fully saturated rings. The van der Waals surface area contributed by atoms with Crippen LogP contribution in [0.2, 0.25) is 0 Å². The van der Waals surface area contributed by atoms with Crippen molar-refractivity contribution in [1.29, 1.82) is 5.26 Å². The van der Waals surface area contributed by atoms with Crippen molar-refractivity contribution >= 4 is 11.3 Å². The fourth-order valence-electron chi connectivity index (χ4n) is 1.56. The minimum absolute atomic E-state index is 0.359. The van der Waals surface area contributed by atoms with Gasteiger partial charge in [0.1, 0.15) is 5.82 Å². The highest BCUT2D eigenvalue weighted by Gasteiger charge is 2.00. The number of hydrogen-bond acceptors (Lipinski definition) is 3. The fourth-order valence-corrected chi connectivity index (χ4v) is 2.23. The second kappa shape index (κ2) is 5.58. The molecule has 0 unspecified atom stereocenters. The molecule has 0 spiro atoms. The molecule has 0 aliphatic rings. The van der Waals surface area contributed by atoms with Gasteiger partial charge >= 0.3 is 0 Å². The predicted octanol–water partition coefficient (Wildman–Crippen LogP) is 3.05. The monoisotopic (exact) mass is 246 g/mol. The third-order valence-corrected chi connectivity index (χ3v) is 3.17. The first kappa shape index (κ1) is 11.8. The van der Waals surface area contributed by atoms with E-state index in [1.54, 1.807) is 17.4 Å². The number of nitriles is 1. The first-order chi connectivity index (χ1) is 8.28. The van der Waals surface area contributed by atoms with E-state index in [9.17, 15) is 4.39 Å². The van der Waals surface area contributed by atoms with E-state index in [0.717, 1.165) is 12.1 Å². The van der Waals surface area contributed by atoms with E-state index < -0.39 is 0 Å². The molecule has 0 aliphatic carbocycles. The maximum atomic E-state index is 13.1. The van der Waals surface area contributed by atoms with Crippen molar-refractivity contribution in [3.8, 4) is 6.07 Å². The van der Waals surface area contributed by atoms with Crippen LogP contribution in [0.1, 0.15) is 16.0 Å². The maximum absolute atomic E-state index is 13.1. The quantitative estimate of drug-likeness (QED) is 0.900. The van der Waals surface area contributed by atoms with E-state index in [-0.39, 0.29) is 5.82 Å². The summed E-state index contributed by atoms with van der Waals surface area (Å²) in [6, 6.07) is 10.4. The van der Waals surface area contributed by atoms with Crippen LogP contribution < -0.4 is 5.32 Å². The van der Waals surface area contributed by atoms with E-state index >= 15 is 0 Å². The van der Waals surface area contributed by atoms with E-state index in [1.165, 1.54) is 17.0 Å². The lowest BCUT2D eigenvalue weighted by molar-refractivity contribution is 0.620. The SMILES string of the molecule is N#Cc1cc(F)cc(CNCc2cccs2)c1. The van der Waals surface area contributed by atoms with Gasteiger partial charge in [-0.1, -0.05) is 6.07 Å². The fraction of sp³-hybridized carbons (Fsp3) is 0.154. The number of rotatable bonds is 4. The van der Waals surface area contributed by atoms with Gasteiger partial charge in [0.25, 0.3) is 0 Å². The number of nitrogens with zero attached hydrogens (tertiary/aromatic N) is 1. The second-order valence-corrected chi connectivity index (χ2v) is 4.68. The van der Waals surface area contributed by atoms with Gasteiger partial charge in [0.2, 0.25) is 0 Å². The molecule has 0 saturated carbocycles. The van der Waals surface area contributed by atoms with Crippen molar-refractivity contribution in [2.45, 2.75) is 13.1 Å². The Morgan fingerprint density at radius 3 is 2.88 bits per heavy atom. The first-order valence-electron chi connectivity index (χ1n) is 5.20. The lowest BCUT2D eigenvalue weighted by Crippen LogP contribution is -2.12. The number of benzene rings is 1. The van der Waals surface area contributed by atoms with Crippen LogP contribution in [0.5, 0.6) is 0 Å². The number of hydrogen-bond donors (Lipinski definition) is 1. The first-order valence-corrected chi connectivity index (χ1v) is 6.08. The average molecular weight is 246 g/mol. The molecule has 0 radical (unpaired) electrons. The summed E-state index contributed by atoms with van der Waals surface area (Å²) in [4.78, 5) is 1.24. The summed E-state index contributed by atoms with van der Waals surface area (Å²) in [5.74, 6) is -0.364. The van der Waals surface area contributed by atoms with E-state index in [2.05, 4.69) is 5.32 Å². The van der Waals surface area contributed by atoms with Crippen LogP contribution in [-0.4, -0.2) is 0 Å². The average Bonchev–Trinajstić information content (AvgIpc) is 2.81. The lowest BCUT2D eigenvalue weighted by atomic mass is 10.1. The van der Waals surface area contributed by atoms with Gasteiger partial charge in [-0.3, -0.25) is 0 Å². The van der Waals surface area contributed by atoms with Crippen LogP contribution in [0.15, 0.2) is 35.7 Å². The largest absolute Gasteiger partial charge is 0.308 e. The van der Waals surface area contributed by atoms with Crippen LogP contribution in [0.25, 0.3) is 0 Å². The van der Waals surface area contributed by atoms with Crippen molar-refractivity contribution in [3.05, 3.63) is 57.5 Å². The Hall–Kier alpha value is -1.70. The zero-order valence-electron chi connectivity index (χ0n) is 9.11. The highest BCUT2D eigenvalue weighted by molar-refractivity contribution is 7.09. The van der Waals surface area contributed by atoms with Gasteiger partial charge in [0.15, 0.2) is 0 Å². The molecule has 0 atom stereocenters. The number of thiophene rings is 1. The maximum Gasteiger partial charge on any atom is 0.124 e. The summed E-state index contributed by atoms with van der Waals surface area (Å²) >= 11 is 1.68. The Morgan fingerprint density at radius 2 is 2.18 bits per heavy atom. The number of halogens is 1. The van der Waals surface area contributed by atoms with Crippen LogP contribution in [-0.2, 0) is 13.1 Å². The lowest BCUT2D eigenvalue weighted by Gasteiger charge is -2.04. The minimum atomic E-state index is -0.364. The van der Waals surface area contributed by atoms with E-state index in [4.69, 9.17) is 5.26 Å². The van der Waals surface area contributed by atoms with Gasteiger partial charge in [0.05, 0.1) is 11.6 Å². The van der Waals surface area contributed by atoms with Crippen molar-refractivity contribution < 1.29 is 4.39 Å². The van der Waals surface area contributed by atoms with Crippen LogP contribution >= 0.6 is 11.3 Å². The molecule has 1 aromatic carbocycles. The molecule has 0 aliphatic heterocycles. The van der Waals surface area contributed by atoms with Gasteiger partial charge in [0, 0.05) is 18.0 Å². The zero-order chi connectivity index (χ0) is 12.1. The molecule has 0 amide bonds. The third kappa shape index (κ3) is 3.38. The highest BCUT2D eigenvalue weighted by atomic mass is 32.1. The van der Waals surface area contributed by atoms with Crippen molar-refractivity contribution in [2.75, 3.05) is 0 Å². The number of nitrogens with one attached hydrogen (secondary N) is 1. The molecular formula is C13H11FN2S. The minimum Gasteiger partial charge on any atom is -0.308 e. The highest BCUT2D eigenvalue weighted by Crippen LogP contribution is 2.10. The van der Waals surface area contributed by atoms with Gasteiger partial charge in [-0.05, 0) is 35.2 Å².